The molecule has 0 bridgehead atoms. The van der Waals surface area contributed by atoms with Crippen LogP contribution in [0.15, 0.2) is 12.1 Å². The van der Waals surface area contributed by atoms with E-state index in [2.05, 4.69) is 51.7 Å². The Balaban J connectivity index is 2.33. The van der Waals surface area contributed by atoms with E-state index in [0.717, 1.165) is 6.54 Å². The van der Waals surface area contributed by atoms with E-state index in [1.165, 1.54) is 41.6 Å². The second-order valence-corrected chi connectivity index (χ2v) is 7.30. The number of nitrogens with zero attached hydrogens (tertiary/aromatic N) is 1. The van der Waals surface area contributed by atoms with Gasteiger partial charge in [0.2, 0.25) is 0 Å². The molecule has 1 fully saturated rings. The van der Waals surface area contributed by atoms with Crippen LogP contribution in [0.25, 0.3) is 0 Å². The maximum atomic E-state index is 6.16. The number of hydrogen-bond acceptors (Lipinski definition) is 2. The Morgan fingerprint density at radius 1 is 1.20 bits per heavy atom. The molecule has 0 saturated carbocycles. The van der Waals surface area contributed by atoms with Crippen LogP contribution in [0.4, 0.5) is 0 Å². The van der Waals surface area contributed by atoms with Crippen LogP contribution in [0.2, 0.25) is 0 Å². The van der Waals surface area contributed by atoms with E-state index in [0.29, 0.717) is 18.0 Å². The van der Waals surface area contributed by atoms with Crippen LogP contribution in [-0.2, 0) is 0 Å². The van der Waals surface area contributed by atoms with Gasteiger partial charge < -0.3 is 5.73 Å². The smallest absolute Gasteiger partial charge is 0.0475 e. The highest BCUT2D eigenvalue weighted by molar-refractivity contribution is 5.40. The number of piperidine rings is 1. The lowest BCUT2D eigenvalue weighted by Crippen LogP contribution is -2.44. The minimum atomic E-state index is 0.371. The van der Waals surface area contributed by atoms with Crippen molar-refractivity contribution in [1.29, 1.82) is 0 Å². The van der Waals surface area contributed by atoms with Crippen LogP contribution in [-0.4, -0.2) is 24.5 Å². The molecule has 2 rings (SSSR count). The van der Waals surface area contributed by atoms with Gasteiger partial charge in [0.25, 0.3) is 0 Å². The zero-order chi connectivity index (χ0) is 14.9. The summed E-state index contributed by atoms with van der Waals surface area (Å²) in [7, 11) is 0. The summed E-state index contributed by atoms with van der Waals surface area (Å²) in [4.78, 5) is 2.61. The highest BCUT2D eigenvalue weighted by atomic mass is 15.2. The molecule has 1 aliphatic rings. The van der Waals surface area contributed by atoms with Gasteiger partial charge in [0.1, 0.15) is 0 Å². The maximum absolute atomic E-state index is 6.16. The van der Waals surface area contributed by atoms with E-state index in [1.54, 1.807) is 0 Å². The molecule has 112 valence electrons. The first-order valence-corrected chi connectivity index (χ1v) is 7.86. The van der Waals surface area contributed by atoms with Crippen molar-refractivity contribution in [2.75, 3.05) is 19.6 Å². The molecule has 0 spiro atoms. The molecule has 1 aromatic carbocycles. The van der Waals surface area contributed by atoms with Crippen molar-refractivity contribution >= 4 is 0 Å². The molecular weight excluding hydrogens is 244 g/mol. The minimum absolute atomic E-state index is 0.371. The Hall–Kier alpha value is -0.860. The second-order valence-electron chi connectivity index (χ2n) is 7.30. The molecule has 20 heavy (non-hydrogen) atoms. The Morgan fingerprint density at radius 2 is 1.80 bits per heavy atom. The van der Waals surface area contributed by atoms with Crippen LogP contribution in [0, 0.1) is 26.2 Å². The highest BCUT2D eigenvalue weighted by Crippen LogP contribution is 2.35. The molecular formula is C18H30N2. The lowest BCUT2D eigenvalue weighted by molar-refractivity contribution is 0.0802. The second kappa shape index (κ2) is 5.87. The zero-order valence-electron chi connectivity index (χ0n) is 13.8. The third-order valence-corrected chi connectivity index (χ3v) is 4.67. The number of hydrogen-bond donors (Lipinski definition) is 1. The first-order chi connectivity index (χ1) is 9.34. The molecule has 1 saturated heterocycles. The number of nitrogens with two attached hydrogens (primary N) is 1. The summed E-state index contributed by atoms with van der Waals surface area (Å²) in [6, 6.07) is 4.95. The Kier molecular flexibility index (Phi) is 4.55. The Bertz CT molecular complexity index is 453. The fraction of sp³-hybridized carbons (Fsp3) is 0.667. The number of aryl methyl sites for hydroxylation is 3. The van der Waals surface area contributed by atoms with Crippen molar-refractivity contribution in [3.8, 4) is 0 Å². The molecule has 0 amide bonds. The van der Waals surface area contributed by atoms with E-state index < -0.39 is 0 Å². The number of likely N-dealkylation sites (tertiary alicyclic amines) is 1. The van der Waals surface area contributed by atoms with Gasteiger partial charge >= 0.3 is 0 Å². The van der Waals surface area contributed by atoms with Gasteiger partial charge in [-0.25, -0.2) is 0 Å². The SMILES string of the molecule is Cc1cc(C)c(C(CN)N2CCCC(C)(C)C2)c(C)c1. The van der Waals surface area contributed by atoms with Crippen LogP contribution < -0.4 is 5.73 Å². The molecule has 1 aliphatic heterocycles. The molecule has 2 heteroatoms. The summed E-state index contributed by atoms with van der Waals surface area (Å²) in [6.45, 7) is 14.4. The van der Waals surface area contributed by atoms with Gasteiger partial charge in [-0.3, -0.25) is 4.90 Å². The van der Waals surface area contributed by atoms with E-state index in [9.17, 15) is 0 Å². The Morgan fingerprint density at radius 3 is 2.30 bits per heavy atom. The normalized spacial score (nSPS) is 20.9. The molecule has 0 radical (unpaired) electrons. The number of rotatable bonds is 3. The third kappa shape index (κ3) is 3.24. The largest absolute Gasteiger partial charge is 0.329 e. The van der Waals surface area contributed by atoms with Gasteiger partial charge in [-0.2, -0.15) is 0 Å². The standard InChI is InChI=1S/C18H30N2/c1-13-9-14(2)17(15(3)10-13)16(11-19)20-8-6-7-18(4,5)12-20/h9-10,16H,6-8,11-12,19H2,1-5H3. The van der Waals surface area contributed by atoms with Gasteiger partial charge in [-0.15, -0.1) is 0 Å². The van der Waals surface area contributed by atoms with Crippen LogP contribution in [0.5, 0.6) is 0 Å². The van der Waals surface area contributed by atoms with Gasteiger partial charge in [-0.05, 0) is 62.3 Å². The van der Waals surface area contributed by atoms with Crippen LogP contribution in [0.1, 0.15) is 55.0 Å². The fourth-order valence-corrected chi connectivity index (χ4v) is 3.90. The number of benzene rings is 1. The predicted molar refractivity (Wildman–Crippen MR) is 87.0 cm³/mol. The molecule has 0 aromatic heterocycles. The zero-order valence-corrected chi connectivity index (χ0v) is 13.8. The summed E-state index contributed by atoms with van der Waals surface area (Å²) in [5.41, 5.74) is 12.2. The fourth-order valence-electron chi connectivity index (χ4n) is 3.90. The van der Waals surface area contributed by atoms with Gasteiger partial charge in [0.15, 0.2) is 0 Å². The van der Waals surface area contributed by atoms with Crippen molar-refractivity contribution in [2.45, 2.75) is 53.5 Å². The van der Waals surface area contributed by atoms with Crippen molar-refractivity contribution < 1.29 is 0 Å². The molecule has 1 atom stereocenters. The van der Waals surface area contributed by atoms with Crippen molar-refractivity contribution in [3.05, 3.63) is 34.4 Å². The van der Waals surface area contributed by atoms with Gasteiger partial charge in [0.05, 0.1) is 0 Å². The highest BCUT2D eigenvalue weighted by Gasteiger charge is 2.31. The summed E-state index contributed by atoms with van der Waals surface area (Å²) in [6.07, 6.45) is 2.61. The van der Waals surface area contributed by atoms with E-state index >= 15 is 0 Å². The first kappa shape index (κ1) is 15.5. The molecule has 0 aliphatic carbocycles. The molecule has 2 N–H and O–H groups in total. The van der Waals surface area contributed by atoms with E-state index in [4.69, 9.17) is 5.73 Å². The maximum Gasteiger partial charge on any atom is 0.0475 e. The summed E-state index contributed by atoms with van der Waals surface area (Å²) >= 11 is 0. The van der Waals surface area contributed by atoms with Gasteiger partial charge in [-0.1, -0.05) is 31.5 Å². The van der Waals surface area contributed by atoms with E-state index in [1.807, 2.05) is 0 Å². The molecule has 1 aromatic rings. The monoisotopic (exact) mass is 274 g/mol. The first-order valence-electron chi connectivity index (χ1n) is 7.86. The average molecular weight is 274 g/mol. The third-order valence-electron chi connectivity index (χ3n) is 4.67. The lowest BCUT2D eigenvalue weighted by atomic mass is 9.82. The lowest BCUT2D eigenvalue weighted by Gasteiger charge is -2.43. The van der Waals surface area contributed by atoms with Crippen LogP contribution >= 0.6 is 0 Å². The van der Waals surface area contributed by atoms with Gasteiger partial charge in [0, 0.05) is 19.1 Å². The molecule has 2 nitrogen and oxygen atoms in total. The van der Waals surface area contributed by atoms with Crippen molar-refractivity contribution in [2.24, 2.45) is 11.1 Å². The summed E-state index contributed by atoms with van der Waals surface area (Å²) in [5, 5.41) is 0. The van der Waals surface area contributed by atoms with Crippen LogP contribution in [0.3, 0.4) is 0 Å². The summed E-state index contributed by atoms with van der Waals surface area (Å²) < 4.78 is 0. The van der Waals surface area contributed by atoms with E-state index in [-0.39, 0.29) is 0 Å². The predicted octanol–water partition coefficient (Wildman–Crippen LogP) is 3.73. The quantitative estimate of drug-likeness (QED) is 0.910. The molecule has 1 unspecified atom stereocenters. The topological polar surface area (TPSA) is 29.3 Å². The summed E-state index contributed by atoms with van der Waals surface area (Å²) in [5.74, 6) is 0. The minimum Gasteiger partial charge on any atom is -0.329 e. The van der Waals surface area contributed by atoms with Crippen molar-refractivity contribution in [3.63, 3.8) is 0 Å². The van der Waals surface area contributed by atoms with Crippen molar-refractivity contribution in [1.82, 2.24) is 4.90 Å². The molecule has 1 heterocycles. The average Bonchev–Trinajstić information content (AvgIpc) is 2.32. The Labute approximate surface area is 124 Å².